The Morgan fingerprint density at radius 3 is 2.87 bits per heavy atom. The van der Waals surface area contributed by atoms with Crippen molar-refractivity contribution in [2.45, 2.75) is 58.4 Å². The van der Waals surface area contributed by atoms with E-state index >= 15 is 0 Å². The predicted octanol–water partition coefficient (Wildman–Crippen LogP) is 1.88. The van der Waals surface area contributed by atoms with Gasteiger partial charge >= 0.3 is 5.97 Å². The van der Waals surface area contributed by atoms with Crippen molar-refractivity contribution in [2.75, 3.05) is 7.11 Å². The number of Topliss-reactive ketones (excluding diaryl/α,β-unsaturated/α-hetero) is 2. The summed E-state index contributed by atoms with van der Waals surface area (Å²) in [5.41, 5.74) is 2.13. The number of carbonyl (C=O) groups excluding carboxylic acids is 3. The van der Waals surface area contributed by atoms with Crippen molar-refractivity contribution >= 4 is 17.5 Å². The SMILES string of the molecule is CCC(=O)CC(=O)C1CCc2nn(CCCC(=O)OC)cc2C1. The van der Waals surface area contributed by atoms with Crippen LogP contribution < -0.4 is 0 Å². The summed E-state index contributed by atoms with van der Waals surface area (Å²) in [5.74, 6) is -0.209. The highest BCUT2D eigenvalue weighted by Gasteiger charge is 2.27. The molecule has 1 aliphatic carbocycles. The maximum Gasteiger partial charge on any atom is 0.305 e. The summed E-state index contributed by atoms with van der Waals surface area (Å²) < 4.78 is 6.46. The number of fused-ring (bicyclic) bond motifs is 1. The smallest absolute Gasteiger partial charge is 0.305 e. The van der Waals surface area contributed by atoms with Crippen LogP contribution in [0.3, 0.4) is 0 Å². The van der Waals surface area contributed by atoms with Gasteiger partial charge in [-0.3, -0.25) is 19.1 Å². The van der Waals surface area contributed by atoms with E-state index in [1.54, 1.807) is 6.92 Å². The van der Waals surface area contributed by atoms with Crippen LogP contribution in [-0.4, -0.2) is 34.4 Å². The van der Waals surface area contributed by atoms with Gasteiger partial charge in [0.1, 0.15) is 11.6 Å². The Morgan fingerprint density at radius 1 is 1.39 bits per heavy atom. The Bertz CT molecular complexity index is 591. The van der Waals surface area contributed by atoms with Gasteiger partial charge in [-0.15, -0.1) is 0 Å². The standard InChI is InChI=1S/C17H24N2O4/c1-3-14(20)10-16(21)12-6-7-15-13(9-12)11-19(18-15)8-4-5-17(22)23-2/h11-12H,3-10H2,1-2H3. The molecule has 0 aliphatic heterocycles. The van der Waals surface area contributed by atoms with Gasteiger partial charge in [-0.2, -0.15) is 5.10 Å². The van der Waals surface area contributed by atoms with Crippen molar-refractivity contribution in [2.24, 2.45) is 5.92 Å². The molecule has 1 heterocycles. The van der Waals surface area contributed by atoms with E-state index in [2.05, 4.69) is 9.84 Å². The quantitative estimate of drug-likeness (QED) is 0.540. The molecule has 1 aliphatic rings. The molecule has 0 spiro atoms. The molecule has 1 atom stereocenters. The van der Waals surface area contributed by atoms with Gasteiger partial charge in [0.2, 0.25) is 0 Å². The summed E-state index contributed by atoms with van der Waals surface area (Å²) in [6.07, 6.45) is 5.71. The van der Waals surface area contributed by atoms with E-state index in [4.69, 9.17) is 0 Å². The number of hydrogen-bond acceptors (Lipinski definition) is 5. The van der Waals surface area contributed by atoms with E-state index in [1.165, 1.54) is 7.11 Å². The number of aromatic nitrogens is 2. The number of nitrogens with zero attached hydrogens (tertiary/aromatic N) is 2. The summed E-state index contributed by atoms with van der Waals surface area (Å²) in [5, 5.41) is 4.53. The van der Waals surface area contributed by atoms with Crippen molar-refractivity contribution in [3.63, 3.8) is 0 Å². The minimum Gasteiger partial charge on any atom is -0.469 e. The Hall–Kier alpha value is -1.98. The van der Waals surface area contributed by atoms with E-state index in [1.807, 2.05) is 10.9 Å². The molecular weight excluding hydrogens is 296 g/mol. The average Bonchev–Trinajstić information content (AvgIpc) is 2.96. The van der Waals surface area contributed by atoms with Gasteiger partial charge in [0.25, 0.3) is 0 Å². The van der Waals surface area contributed by atoms with E-state index in [0.717, 1.165) is 24.1 Å². The molecule has 0 saturated carbocycles. The topological polar surface area (TPSA) is 78.3 Å². The highest BCUT2D eigenvalue weighted by molar-refractivity contribution is 6.00. The molecule has 1 aromatic heterocycles. The van der Waals surface area contributed by atoms with Crippen molar-refractivity contribution in [1.82, 2.24) is 9.78 Å². The van der Waals surface area contributed by atoms with Crippen molar-refractivity contribution in [3.05, 3.63) is 17.5 Å². The zero-order chi connectivity index (χ0) is 16.8. The molecule has 2 rings (SSSR count). The first kappa shape index (κ1) is 17.4. The first-order valence-electron chi connectivity index (χ1n) is 8.20. The van der Waals surface area contributed by atoms with Crippen LogP contribution >= 0.6 is 0 Å². The van der Waals surface area contributed by atoms with Crippen LogP contribution in [0.4, 0.5) is 0 Å². The lowest BCUT2D eigenvalue weighted by Crippen LogP contribution is -2.24. The highest BCUT2D eigenvalue weighted by atomic mass is 16.5. The number of aryl methyl sites for hydroxylation is 2. The minimum absolute atomic E-state index is 0.0132. The van der Waals surface area contributed by atoms with E-state index in [9.17, 15) is 14.4 Å². The van der Waals surface area contributed by atoms with E-state index < -0.39 is 0 Å². The molecule has 0 radical (unpaired) electrons. The minimum atomic E-state index is -0.215. The highest BCUT2D eigenvalue weighted by Crippen LogP contribution is 2.26. The number of esters is 1. The summed E-state index contributed by atoms with van der Waals surface area (Å²) in [7, 11) is 1.38. The molecular formula is C17H24N2O4. The third-order valence-corrected chi connectivity index (χ3v) is 4.34. The molecule has 6 nitrogen and oxygen atoms in total. The van der Waals surface area contributed by atoms with Gasteiger partial charge in [-0.25, -0.2) is 0 Å². The Morgan fingerprint density at radius 2 is 2.17 bits per heavy atom. The molecule has 0 aromatic carbocycles. The first-order valence-corrected chi connectivity index (χ1v) is 8.20. The Kier molecular flexibility index (Phi) is 6.07. The number of hydrogen-bond donors (Lipinski definition) is 0. The zero-order valence-electron chi connectivity index (χ0n) is 13.8. The lowest BCUT2D eigenvalue weighted by Gasteiger charge is -2.19. The number of rotatable bonds is 8. The molecule has 126 valence electrons. The molecule has 0 bridgehead atoms. The first-order chi connectivity index (χ1) is 11.0. The van der Waals surface area contributed by atoms with E-state index in [-0.39, 0.29) is 29.9 Å². The number of carbonyl (C=O) groups is 3. The maximum absolute atomic E-state index is 12.2. The van der Waals surface area contributed by atoms with Crippen molar-refractivity contribution < 1.29 is 19.1 Å². The van der Waals surface area contributed by atoms with Crippen LogP contribution in [0.5, 0.6) is 0 Å². The van der Waals surface area contributed by atoms with Crippen LogP contribution in [0.15, 0.2) is 6.20 Å². The number of ketones is 2. The molecule has 0 fully saturated rings. The molecule has 23 heavy (non-hydrogen) atoms. The van der Waals surface area contributed by atoms with E-state index in [0.29, 0.717) is 32.2 Å². The fourth-order valence-electron chi connectivity index (χ4n) is 2.90. The Balaban J connectivity index is 1.90. The third kappa shape index (κ3) is 4.74. The summed E-state index contributed by atoms with van der Waals surface area (Å²) in [6.45, 7) is 2.45. The summed E-state index contributed by atoms with van der Waals surface area (Å²) in [4.78, 5) is 34.7. The van der Waals surface area contributed by atoms with Gasteiger partial charge in [0.15, 0.2) is 0 Å². The van der Waals surface area contributed by atoms with Gasteiger partial charge in [-0.1, -0.05) is 6.92 Å². The maximum atomic E-state index is 12.2. The molecule has 1 aromatic rings. The van der Waals surface area contributed by atoms with Crippen molar-refractivity contribution in [3.8, 4) is 0 Å². The van der Waals surface area contributed by atoms with Crippen molar-refractivity contribution in [1.29, 1.82) is 0 Å². The van der Waals surface area contributed by atoms with Gasteiger partial charge in [-0.05, 0) is 31.2 Å². The largest absolute Gasteiger partial charge is 0.469 e. The molecule has 6 heteroatoms. The molecule has 0 amide bonds. The van der Waals surface area contributed by atoms with Crippen LogP contribution in [0.25, 0.3) is 0 Å². The fraction of sp³-hybridized carbons (Fsp3) is 0.647. The normalized spacial score (nSPS) is 16.7. The van der Waals surface area contributed by atoms with Crippen LogP contribution in [0.1, 0.15) is 50.3 Å². The number of ether oxygens (including phenoxy) is 1. The second kappa shape index (κ2) is 8.04. The van der Waals surface area contributed by atoms with Crippen LogP contribution in [0.2, 0.25) is 0 Å². The molecule has 0 saturated heterocycles. The summed E-state index contributed by atoms with van der Waals surface area (Å²) in [6, 6.07) is 0. The molecule has 0 N–H and O–H groups in total. The zero-order valence-corrected chi connectivity index (χ0v) is 13.8. The molecule has 1 unspecified atom stereocenters. The van der Waals surface area contributed by atoms with Crippen LogP contribution in [0, 0.1) is 5.92 Å². The summed E-state index contributed by atoms with van der Waals surface area (Å²) >= 11 is 0. The fourth-order valence-corrected chi connectivity index (χ4v) is 2.90. The van der Waals surface area contributed by atoms with Gasteiger partial charge in [0.05, 0.1) is 19.2 Å². The Labute approximate surface area is 136 Å². The predicted molar refractivity (Wildman–Crippen MR) is 83.9 cm³/mol. The lowest BCUT2D eigenvalue weighted by atomic mass is 9.83. The van der Waals surface area contributed by atoms with Crippen LogP contribution in [-0.2, 0) is 38.5 Å². The lowest BCUT2D eigenvalue weighted by molar-refractivity contribution is -0.140. The van der Waals surface area contributed by atoms with Gasteiger partial charge in [0, 0.05) is 31.5 Å². The average molecular weight is 320 g/mol. The second-order valence-corrected chi connectivity index (χ2v) is 6.02. The third-order valence-electron chi connectivity index (χ3n) is 4.34. The number of methoxy groups -OCH3 is 1. The monoisotopic (exact) mass is 320 g/mol. The van der Waals surface area contributed by atoms with Gasteiger partial charge < -0.3 is 4.74 Å². The second-order valence-electron chi connectivity index (χ2n) is 6.02.